The predicted octanol–water partition coefficient (Wildman–Crippen LogP) is 5.42. The number of hydrogen-bond donors (Lipinski definition) is 1. The second kappa shape index (κ2) is 15.8. The Bertz CT molecular complexity index is 229. The van der Waals surface area contributed by atoms with Crippen LogP contribution in [0.25, 0.3) is 0 Å². The molecule has 0 spiro atoms. The van der Waals surface area contributed by atoms with Crippen LogP contribution in [0.4, 0.5) is 0 Å². The summed E-state index contributed by atoms with van der Waals surface area (Å²) in [6.07, 6.45) is 15.7. The van der Waals surface area contributed by atoms with Crippen molar-refractivity contribution < 1.29 is 14.6 Å². The highest BCUT2D eigenvalue weighted by molar-refractivity contribution is 5.67. The van der Waals surface area contributed by atoms with Crippen LogP contribution in [0.5, 0.6) is 0 Å². The van der Waals surface area contributed by atoms with Crippen LogP contribution in [-0.2, 0) is 9.53 Å². The van der Waals surface area contributed by atoms with E-state index in [0.29, 0.717) is 6.61 Å². The van der Waals surface area contributed by atoms with Gasteiger partial charge >= 0.3 is 5.97 Å². The molecule has 0 amide bonds. The van der Waals surface area contributed by atoms with E-state index >= 15 is 0 Å². The van der Waals surface area contributed by atoms with Gasteiger partial charge in [0.2, 0.25) is 0 Å². The van der Waals surface area contributed by atoms with E-state index in [1.807, 2.05) is 0 Å². The van der Waals surface area contributed by atoms with Gasteiger partial charge in [0, 0.05) is 6.61 Å². The standard InChI is InChI=1S/C18H36O3/c1-3-4-13-17(2)14-11-9-7-5-6-8-10-12-15-21-16-18(19)20/h17H,3-16H2,1-2H3,(H,19,20). The zero-order valence-electron chi connectivity index (χ0n) is 14.2. The number of unbranched alkanes of at least 4 members (excludes halogenated alkanes) is 8. The third-order valence-electron chi connectivity index (χ3n) is 4.01. The minimum Gasteiger partial charge on any atom is -0.480 e. The topological polar surface area (TPSA) is 46.5 Å². The van der Waals surface area contributed by atoms with Gasteiger partial charge < -0.3 is 9.84 Å². The van der Waals surface area contributed by atoms with Crippen LogP contribution in [0.3, 0.4) is 0 Å². The maximum Gasteiger partial charge on any atom is 0.329 e. The first-order chi connectivity index (χ1) is 10.2. The van der Waals surface area contributed by atoms with Gasteiger partial charge in [0.25, 0.3) is 0 Å². The van der Waals surface area contributed by atoms with E-state index in [1.54, 1.807) is 0 Å². The van der Waals surface area contributed by atoms with E-state index in [2.05, 4.69) is 13.8 Å². The minimum absolute atomic E-state index is 0.156. The number of carboxylic acids is 1. The first-order valence-corrected chi connectivity index (χ1v) is 8.96. The SMILES string of the molecule is CCCCC(C)CCCCCCCCCCOCC(=O)O. The second-order valence-electron chi connectivity index (χ2n) is 6.31. The lowest BCUT2D eigenvalue weighted by molar-refractivity contribution is -0.142. The van der Waals surface area contributed by atoms with Gasteiger partial charge in [-0.3, -0.25) is 0 Å². The molecule has 0 fully saturated rings. The highest BCUT2D eigenvalue weighted by Crippen LogP contribution is 2.17. The van der Waals surface area contributed by atoms with Crippen LogP contribution in [0, 0.1) is 5.92 Å². The molecule has 1 unspecified atom stereocenters. The molecule has 0 saturated carbocycles. The zero-order valence-corrected chi connectivity index (χ0v) is 14.2. The molecule has 3 nitrogen and oxygen atoms in total. The molecule has 126 valence electrons. The molecule has 0 aromatic rings. The number of ether oxygens (including phenoxy) is 1. The molecule has 0 aliphatic rings. The van der Waals surface area contributed by atoms with Crippen molar-refractivity contribution in [3.63, 3.8) is 0 Å². The Kier molecular flexibility index (Phi) is 15.4. The van der Waals surface area contributed by atoms with Crippen molar-refractivity contribution in [2.24, 2.45) is 5.92 Å². The van der Waals surface area contributed by atoms with Crippen molar-refractivity contribution in [1.82, 2.24) is 0 Å². The van der Waals surface area contributed by atoms with Gasteiger partial charge in [-0.1, -0.05) is 84.5 Å². The lowest BCUT2D eigenvalue weighted by Crippen LogP contribution is -2.07. The van der Waals surface area contributed by atoms with Crippen LogP contribution in [0.1, 0.15) is 90.9 Å². The third-order valence-corrected chi connectivity index (χ3v) is 4.01. The summed E-state index contributed by atoms with van der Waals surface area (Å²) in [6.45, 7) is 5.09. The molecule has 3 heteroatoms. The summed E-state index contributed by atoms with van der Waals surface area (Å²) in [5.41, 5.74) is 0. The summed E-state index contributed by atoms with van der Waals surface area (Å²) in [6, 6.07) is 0. The summed E-state index contributed by atoms with van der Waals surface area (Å²) in [4.78, 5) is 10.2. The average molecular weight is 300 g/mol. The summed E-state index contributed by atoms with van der Waals surface area (Å²) < 4.78 is 5.01. The molecule has 0 aromatic heterocycles. The predicted molar refractivity (Wildman–Crippen MR) is 88.7 cm³/mol. The van der Waals surface area contributed by atoms with Gasteiger partial charge in [0.1, 0.15) is 6.61 Å². The molecule has 21 heavy (non-hydrogen) atoms. The molecule has 0 saturated heterocycles. The Labute approximate surface area is 131 Å². The van der Waals surface area contributed by atoms with Gasteiger partial charge in [-0.15, -0.1) is 0 Å². The van der Waals surface area contributed by atoms with Gasteiger partial charge in [-0.2, -0.15) is 0 Å². The van der Waals surface area contributed by atoms with E-state index in [4.69, 9.17) is 9.84 Å². The highest BCUT2D eigenvalue weighted by atomic mass is 16.5. The molecule has 0 bridgehead atoms. The Morgan fingerprint density at radius 3 is 2.00 bits per heavy atom. The lowest BCUT2D eigenvalue weighted by Gasteiger charge is -2.10. The summed E-state index contributed by atoms with van der Waals surface area (Å²) in [7, 11) is 0. The largest absolute Gasteiger partial charge is 0.480 e. The summed E-state index contributed by atoms with van der Waals surface area (Å²) >= 11 is 0. The number of rotatable bonds is 16. The van der Waals surface area contributed by atoms with Crippen LogP contribution >= 0.6 is 0 Å². The molecule has 0 heterocycles. The first kappa shape index (κ1) is 20.4. The molecular weight excluding hydrogens is 264 g/mol. The van der Waals surface area contributed by atoms with Gasteiger partial charge in [0.15, 0.2) is 0 Å². The first-order valence-electron chi connectivity index (χ1n) is 8.96. The number of carbonyl (C=O) groups is 1. The van der Waals surface area contributed by atoms with Crippen molar-refractivity contribution in [2.75, 3.05) is 13.2 Å². The van der Waals surface area contributed by atoms with Crippen LogP contribution in [-0.4, -0.2) is 24.3 Å². The van der Waals surface area contributed by atoms with Crippen molar-refractivity contribution in [3.05, 3.63) is 0 Å². The number of hydrogen-bond acceptors (Lipinski definition) is 2. The van der Waals surface area contributed by atoms with Gasteiger partial charge in [-0.05, 0) is 12.3 Å². The molecular formula is C18H36O3. The summed E-state index contributed by atoms with van der Waals surface area (Å²) in [5.74, 6) is 0.0368. The van der Waals surface area contributed by atoms with E-state index < -0.39 is 5.97 Å². The van der Waals surface area contributed by atoms with Crippen molar-refractivity contribution in [1.29, 1.82) is 0 Å². The average Bonchev–Trinajstić information content (AvgIpc) is 2.45. The fourth-order valence-electron chi connectivity index (χ4n) is 2.61. The lowest BCUT2D eigenvalue weighted by atomic mass is 9.97. The maximum absolute atomic E-state index is 10.2. The number of aliphatic carboxylic acids is 1. The molecule has 0 aromatic carbocycles. The van der Waals surface area contributed by atoms with Crippen molar-refractivity contribution in [2.45, 2.75) is 90.9 Å². The Hall–Kier alpha value is -0.570. The van der Waals surface area contributed by atoms with Crippen molar-refractivity contribution >= 4 is 5.97 Å². The fraction of sp³-hybridized carbons (Fsp3) is 0.944. The highest BCUT2D eigenvalue weighted by Gasteiger charge is 2.01. The molecule has 0 aliphatic heterocycles. The Balaban J connectivity index is 3.07. The van der Waals surface area contributed by atoms with E-state index in [-0.39, 0.29) is 6.61 Å². The molecule has 1 N–H and O–H groups in total. The Morgan fingerprint density at radius 2 is 1.43 bits per heavy atom. The van der Waals surface area contributed by atoms with E-state index in [9.17, 15) is 4.79 Å². The zero-order chi connectivity index (χ0) is 15.8. The van der Waals surface area contributed by atoms with E-state index in [1.165, 1.54) is 64.2 Å². The monoisotopic (exact) mass is 300 g/mol. The van der Waals surface area contributed by atoms with Crippen LogP contribution < -0.4 is 0 Å². The second-order valence-corrected chi connectivity index (χ2v) is 6.31. The van der Waals surface area contributed by atoms with Crippen LogP contribution in [0.2, 0.25) is 0 Å². The molecule has 0 aliphatic carbocycles. The molecule has 0 radical (unpaired) electrons. The quantitative estimate of drug-likeness (QED) is 0.387. The smallest absolute Gasteiger partial charge is 0.329 e. The summed E-state index contributed by atoms with van der Waals surface area (Å²) in [5, 5.41) is 8.41. The maximum atomic E-state index is 10.2. The third kappa shape index (κ3) is 17.4. The van der Waals surface area contributed by atoms with Crippen LogP contribution in [0.15, 0.2) is 0 Å². The van der Waals surface area contributed by atoms with Gasteiger partial charge in [-0.25, -0.2) is 4.79 Å². The molecule has 1 atom stereocenters. The van der Waals surface area contributed by atoms with Gasteiger partial charge in [0.05, 0.1) is 0 Å². The fourth-order valence-corrected chi connectivity index (χ4v) is 2.61. The number of carboxylic acid groups (broad SMARTS) is 1. The van der Waals surface area contributed by atoms with E-state index in [0.717, 1.165) is 18.8 Å². The minimum atomic E-state index is -0.876. The van der Waals surface area contributed by atoms with Crippen molar-refractivity contribution in [3.8, 4) is 0 Å². The normalized spacial score (nSPS) is 12.5. The Morgan fingerprint density at radius 1 is 0.905 bits per heavy atom. The molecule has 0 rings (SSSR count).